The Kier molecular flexibility index (Phi) is 54.7. The molecular weight excluding hydrogens is 589 g/mol. The van der Waals surface area contributed by atoms with Crippen molar-refractivity contribution in [3.8, 4) is 0 Å². The SMILES string of the molecule is [La+3].[O]=[Mn]([O-])[O-].[O]=[Mn]([O-])[O-].[O]=[Mn]([O-])[O-].[Pr+3]. The zero-order valence-electron chi connectivity index (χ0n) is 5.96. The molecule has 0 rings (SSSR count). The summed E-state index contributed by atoms with van der Waals surface area (Å²) in [5, 5.41) is 0. The van der Waals surface area contributed by atoms with Gasteiger partial charge < -0.3 is 0 Å². The average Bonchev–Trinajstić information content (AvgIpc) is 1.54. The second-order valence-electron chi connectivity index (χ2n) is 0.567. The fraction of sp³-hybridized carbons (Fsp3) is 0. The van der Waals surface area contributed by atoms with Crippen LogP contribution in [-0.2, 0) is 55.0 Å². The maximum atomic E-state index is 8.52. The van der Waals surface area contributed by atoms with Gasteiger partial charge in [0.25, 0.3) is 0 Å². The van der Waals surface area contributed by atoms with Crippen molar-refractivity contribution in [3.05, 3.63) is 0 Å². The van der Waals surface area contributed by atoms with Crippen LogP contribution >= 0.6 is 0 Å². The van der Waals surface area contributed by atoms with Crippen molar-refractivity contribution in [2.75, 3.05) is 0 Å². The van der Waals surface area contributed by atoms with Crippen LogP contribution in [0, 0.1) is 76.9 Å². The van der Waals surface area contributed by atoms with Crippen molar-refractivity contribution >= 4 is 0 Å². The summed E-state index contributed by atoms with van der Waals surface area (Å²) in [6.07, 6.45) is 0. The normalized spacial score (nSPS) is 7.50. The molecule has 0 aliphatic rings. The third-order valence-corrected chi connectivity index (χ3v) is 0. The minimum atomic E-state index is -3.65. The summed E-state index contributed by atoms with van der Waals surface area (Å²) >= 11 is -10.9. The molecule has 14 heteroatoms. The molecule has 0 fully saturated rings. The van der Waals surface area contributed by atoms with E-state index in [1.807, 2.05) is 0 Å². The molecule has 0 bridgehead atoms. The third-order valence-electron chi connectivity index (χ3n) is 0. The van der Waals surface area contributed by atoms with Gasteiger partial charge in [-0.25, -0.2) is 0 Å². The molecule has 0 heterocycles. The summed E-state index contributed by atoms with van der Waals surface area (Å²) in [6, 6.07) is 0. The van der Waals surface area contributed by atoms with Crippen LogP contribution < -0.4 is 25.1 Å². The molecule has 81 valence electrons. The van der Waals surface area contributed by atoms with Crippen molar-refractivity contribution < 1.29 is 157 Å². The first kappa shape index (κ1) is 30.4. The first-order chi connectivity index (χ1) is 5.20. The third kappa shape index (κ3) is 290. The van der Waals surface area contributed by atoms with Crippen LogP contribution in [0.2, 0.25) is 0 Å². The maximum Gasteiger partial charge on any atom is 3.00 e. The van der Waals surface area contributed by atoms with Crippen molar-refractivity contribution in [2.45, 2.75) is 0 Å². The topological polar surface area (TPSA) is 190 Å². The Balaban J connectivity index is -0.0000000270. The van der Waals surface area contributed by atoms with Gasteiger partial charge >= 0.3 is 157 Å². The molecule has 0 aromatic heterocycles. The van der Waals surface area contributed by atoms with Gasteiger partial charge in [-0.3, -0.25) is 0 Å². The molecule has 0 saturated carbocycles. The molecule has 0 N–H and O–H groups in total. The minimum Gasteiger partial charge on any atom is 3.00 e. The first-order valence-electron chi connectivity index (χ1n) is 1.39. The molecule has 9 nitrogen and oxygen atoms in total. The van der Waals surface area contributed by atoms with E-state index >= 15 is 0 Å². The van der Waals surface area contributed by atoms with Crippen molar-refractivity contribution in [2.24, 2.45) is 0 Å². The van der Waals surface area contributed by atoms with E-state index in [0.29, 0.717) is 0 Å². The summed E-state index contributed by atoms with van der Waals surface area (Å²) < 4.78 is 76.7. The fourth-order valence-electron chi connectivity index (χ4n) is 0. The summed E-state index contributed by atoms with van der Waals surface area (Å²) in [7, 11) is 0. The molecule has 0 aliphatic carbocycles. The van der Waals surface area contributed by atoms with Crippen LogP contribution in [0.1, 0.15) is 0 Å². The monoisotopic (exact) mass is 589 g/mol. The van der Waals surface area contributed by atoms with E-state index in [2.05, 4.69) is 0 Å². The molecule has 0 aromatic carbocycles. The summed E-state index contributed by atoms with van der Waals surface area (Å²) in [6.45, 7) is 0. The largest absolute Gasteiger partial charge is 3.00 e. The van der Waals surface area contributed by atoms with Gasteiger partial charge in [-0.15, -0.1) is 0 Å². The Bertz CT molecular complexity index is 118. The van der Waals surface area contributed by atoms with Crippen molar-refractivity contribution in [1.82, 2.24) is 0 Å². The number of rotatable bonds is 0. The van der Waals surface area contributed by atoms with E-state index in [1.165, 1.54) is 0 Å². The van der Waals surface area contributed by atoms with Crippen LogP contribution in [0.25, 0.3) is 0 Å². The summed E-state index contributed by atoms with van der Waals surface area (Å²) in [5.74, 6) is 0. The van der Waals surface area contributed by atoms with E-state index in [-0.39, 0.29) is 76.9 Å². The van der Waals surface area contributed by atoms with Crippen LogP contribution in [-0.4, -0.2) is 0 Å². The van der Waals surface area contributed by atoms with Crippen LogP contribution in [0.15, 0.2) is 0 Å². The van der Waals surface area contributed by atoms with Crippen molar-refractivity contribution in [3.63, 3.8) is 0 Å². The quantitative estimate of drug-likeness (QED) is 0.248. The van der Waals surface area contributed by atoms with Gasteiger partial charge in [-0.1, -0.05) is 0 Å². The molecule has 0 atom stereocenters. The average molecular weight is 589 g/mol. The Morgan fingerprint density at radius 1 is 0.571 bits per heavy atom. The molecule has 0 aliphatic heterocycles. The number of hydrogen-bond acceptors (Lipinski definition) is 9. The zero-order valence-corrected chi connectivity index (χ0v) is 16.8. The molecule has 0 spiro atoms. The summed E-state index contributed by atoms with van der Waals surface area (Å²) in [4.78, 5) is 0. The van der Waals surface area contributed by atoms with Gasteiger partial charge in [0.2, 0.25) is 0 Å². The Morgan fingerprint density at radius 3 is 0.571 bits per heavy atom. The van der Waals surface area contributed by atoms with Gasteiger partial charge in [0.1, 0.15) is 0 Å². The predicted octanol–water partition coefficient (Wildman–Crippen LogP) is -7.50. The zero-order chi connectivity index (χ0) is 10.7. The second kappa shape index (κ2) is 25.2. The van der Waals surface area contributed by atoms with Crippen LogP contribution in [0.5, 0.6) is 0 Å². The Hall–Kier alpha value is 3.28. The van der Waals surface area contributed by atoms with Gasteiger partial charge in [0, 0.05) is 0 Å². The van der Waals surface area contributed by atoms with Crippen LogP contribution in [0.4, 0.5) is 0 Å². The Morgan fingerprint density at radius 2 is 0.571 bits per heavy atom. The van der Waals surface area contributed by atoms with Gasteiger partial charge in [0.05, 0.1) is 0 Å². The molecule has 14 heavy (non-hydrogen) atoms. The second-order valence-corrected chi connectivity index (χ2v) is 2.34. The standard InChI is InChI=1S/La.3Mn.9O.Pr/q+3;;;;;;;6*-1;+3. The fourth-order valence-corrected chi connectivity index (χ4v) is 0. The number of hydrogen-bond donors (Lipinski definition) is 0. The minimum absolute atomic E-state index is 0. The van der Waals surface area contributed by atoms with E-state index in [9.17, 15) is 0 Å². The van der Waals surface area contributed by atoms with E-state index in [1.54, 1.807) is 0 Å². The van der Waals surface area contributed by atoms with E-state index in [0.717, 1.165) is 0 Å². The molecule has 0 amide bonds. The first-order valence-corrected chi connectivity index (χ1v) is 5.73. The van der Waals surface area contributed by atoms with Crippen molar-refractivity contribution in [1.29, 1.82) is 0 Å². The molecule has 0 radical (unpaired) electrons. The van der Waals surface area contributed by atoms with E-state index in [4.69, 9.17) is 36.6 Å². The van der Waals surface area contributed by atoms with Gasteiger partial charge in [0.15, 0.2) is 0 Å². The molecule has 0 aromatic rings. The molecule has 0 unspecified atom stereocenters. The van der Waals surface area contributed by atoms with E-state index < -0.39 is 43.5 Å². The smallest absolute Gasteiger partial charge is 3.00 e. The predicted molar refractivity (Wildman–Crippen MR) is 2.06 cm³/mol. The van der Waals surface area contributed by atoms with Crippen LogP contribution in [0.3, 0.4) is 0 Å². The van der Waals surface area contributed by atoms with Gasteiger partial charge in [-0.05, 0) is 0 Å². The summed E-state index contributed by atoms with van der Waals surface area (Å²) in [5.41, 5.74) is 0. The van der Waals surface area contributed by atoms with Gasteiger partial charge in [-0.2, -0.15) is 0 Å². The Labute approximate surface area is 154 Å². The maximum absolute atomic E-state index is 8.52. The molecular formula is LaMn3O9Pr. The molecule has 0 saturated heterocycles.